The number of rotatable bonds is 2. The first-order chi connectivity index (χ1) is 8.66. The van der Waals surface area contributed by atoms with E-state index < -0.39 is 0 Å². The smallest absolute Gasteiger partial charge is 0.251 e. The zero-order valence-corrected chi connectivity index (χ0v) is 11.4. The molecule has 1 heterocycles. The highest BCUT2D eigenvalue weighted by molar-refractivity contribution is 9.10. The summed E-state index contributed by atoms with van der Waals surface area (Å²) in [4.78, 5) is 12.1. The Morgan fingerprint density at radius 2 is 2.11 bits per heavy atom. The van der Waals surface area contributed by atoms with Crippen molar-refractivity contribution in [2.45, 2.75) is 24.6 Å². The normalized spacial score (nSPS) is 33.7. The van der Waals surface area contributed by atoms with Gasteiger partial charge in [-0.1, -0.05) is 15.9 Å². The molecule has 4 atom stereocenters. The molecule has 1 aliphatic heterocycles. The summed E-state index contributed by atoms with van der Waals surface area (Å²) in [5, 5.41) is 2.97. The van der Waals surface area contributed by atoms with E-state index in [0.29, 0.717) is 11.5 Å². The minimum absolute atomic E-state index is 0.0249. The Morgan fingerprint density at radius 1 is 1.39 bits per heavy atom. The van der Waals surface area contributed by atoms with E-state index in [1.807, 2.05) is 12.1 Å². The van der Waals surface area contributed by atoms with Gasteiger partial charge in [-0.25, -0.2) is 0 Å². The molecule has 4 nitrogen and oxygen atoms in total. The Kier molecular flexibility index (Phi) is 3.13. The number of nitrogens with two attached hydrogens (primary N) is 1. The molecular formula is C13H15BrN2O2. The Morgan fingerprint density at radius 3 is 2.83 bits per heavy atom. The van der Waals surface area contributed by atoms with Crippen LogP contribution < -0.4 is 11.1 Å². The van der Waals surface area contributed by atoms with Crippen LogP contribution >= 0.6 is 15.9 Å². The van der Waals surface area contributed by atoms with Gasteiger partial charge in [-0.05, 0) is 30.7 Å². The fraction of sp³-hybridized carbons (Fsp3) is 0.462. The lowest BCUT2D eigenvalue weighted by molar-refractivity contribution is -0.0161. The molecule has 1 amide bonds. The van der Waals surface area contributed by atoms with Crippen molar-refractivity contribution in [3.8, 4) is 0 Å². The van der Waals surface area contributed by atoms with Gasteiger partial charge in [0.25, 0.3) is 5.91 Å². The number of hydrogen-bond acceptors (Lipinski definition) is 3. The van der Waals surface area contributed by atoms with E-state index in [0.717, 1.165) is 17.5 Å². The van der Waals surface area contributed by atoms with E-state index in [2.05, 4.69) is 21.2 Å². The van der Waals surface area contributed by atoms with Crippen LogP contribution in [-0.2, 0) is 4.74 Å². The highest BCUT2D eigenvalue weighted by Crippen LogP contribution is 2.37. The Hall–Kier alpha value is -0.910. The second-order valence-corrected chi connectivity index (χ2v) is 5.79. The summed E-state index contributed by atoms with van der Waals surface area (Å²) in [5.74, 6) is 0.331. The second-order valence-electron chi connectivity index (χ2n) is 4.87. The van der Waals surface area contributed by atoms with Gasteiger partial charge < -0.3 is 15.8 Å². The topological polar surface area (TPSA) is 64.3 Å². The lowest BCUT2D eigenvalue weighted by Gasteiger charge is -2.45. The monoisotopic (exact) mass is 310 g/mol. The number of amides is 1. The Labute approximate surface area is 114 Å². The molecule has 0 bridgehead atoms. The number of halogens is 1. The van der Waals surface area contributed by atoms with E-state index in [1.165, 1.54) is 0 Å². The molecule has 0 spiro atoms. The van der Waals surface area contributed by atoms with Crippen LogP contribution in [0.4, 0.5) is 0 Å². The average Bonchev–Trinajstić information content (AvgIpc) is 2.81. The molecule has 0 aromatic heterocycles. The molecule has 2 aliphatic rings. The van der Waals surface area contributed by atoms with E-state index in [9.17, 15) is 4.79 Å². The molecule has 1 aliphatic carbocycles. The van der Waals surface area contributed by atoms with Gasteiger partial charge in [0, 0.05) is 28.6 Å². The number of hydrogen-bond donors (Lipinski definition) is 2. The van der Waals surface area contributed by atoms with Gasteiger partial charge in [-0.3, -0.25) is 4.79 Å². The first-order valence-electron chi connectivity index (χ1n) is 6.10. The van der Waals surface area contributed by atoms with Gasteiger partial charge in [-0.2, -0.15) is 0 Å². The predicted octanol–water partition coefficient (Wildman–Crippen LogP) is 1.29. The van der Waals surface area contributed by atoms with Crippen molar-refractivity contribution in [1.29, 1.82) is 0 Å². The van der Waals surface area contributed by atoms with Crippen LogP contribution in [0.2, 0.25) is 0 Å². The Bertz CT molecular complexity index is 463. The average molecular weight is 311 g/mol. The quantitative estimate of drug-likeness (QED) is 0.865. The fourth-order valence-corrected chi connectivity index (χ4v) is 3.03. The predicted molar refractivity (Wildman–Crippen MR) is 71.2 cm³/mol. The maximum Gasteiger partial charge on any atom is 0.251 e. The van der Waals surface area contributed by atoms with Crippen molar-refractivity contribution >= 4 is 21.8 Å². The minimum Gasteiger partial charge on any atom is -0.376 e. The van der Waals surface area contributed by atoms with Crippen LogP contribution in [-0.4, -0.2) is 30.7 Å². The summed E-state index contributed by atoms with van der Waals surface area (Å²) < 4.78 is 6.55. The third kappa shape index (κ3) is 1.96. The van der Waals surface area contributed by atoms with Crippen molar-refractivity contribution in [1.82, 2.24) is 5.32 Å². The molecule has 3 N–H and O–H groups in total. The number of nitrogens with one attached hydrogen (secondary N) is 1. The fourth-order valence-electron chi connectivity index (χ4n) is 2.76. The Balaban J connectivity index is 1.66. The van der Waals surface area contributed by atoms with Crippen LogP contribution in [0.1, 0.15) is 16.8 Å². The highest BCUT2D eigenvalue weighted by atomic mass is 79.9. The van der Waals surface area contributed by atoms with Gasteiger partial charge in [0.1, 0.15) is 0 Å². The molecule has 96 valence electrons. The van der Waals surface area contributed by atoms with E-state index in [1.54, 1.807) is 12.1 Å². The van der Waals surface area contributed by atoms with Crippen molar-refractivity contribution in [2.75, 3.05) is 6.61 Å². The third-order valence-corrected chi connectivity index (χ3v) is 4.38. The van der Waals surface area contributed by atoms with Crippen LogP contribution in [0.15, 0.2) is 28.7 Å². The van der Waals surface area contributed by atoms with E-state index >= 15 is 0 Å². The molecule has 0 radical (unpaired) electrons. The number of benzene rings is 1. The van der Waals surface area contributed by atoms with Crippen molar-refractivity contribution in [3.63, 3.8) is 0 Å². The summed E-state index contributed by atoms with van der Waals surface area (Å²) >= 11 is 3.34. The van der Waals surface area contributed by atoms with Crippen LogP contribution in [0.5, 0.6) is 0 Å². The maximum atomic E-state index is 12.1. The third-order valence-electron chi connectivity index (χ3n) is 3.85. The highest BCUT2D eigenvalue weighted by Gasteiger charge is 2.52. The lowest BCUT2D eigenvalue weighted by atomic mass is 9.72. The molecule has 1 aromatic rings. The van der Waals surface area contributed by atoms with Crippen LogP contribution in [0.25, 0.3) is 0 Å². The molecule has 5 heteroatoms. The van der Waals surface area contributed by atoms with Gasteiger partial charge >= 0.3 is 0 Å². The molecule has 1 saturated heterocycles. The minimum atomic E-state index is -0.0862. The van der Waals surface area contributed by atoms with E-state index in [-0.39, 0.29) is 24.1 Å². The molecule has 3 rings (SSSR count). The number of carbonyl (C=O) groups excluding carboxylic acids is 1. The standard InChI is InChI=1S/C13H15BrN2O2/c14-8-3-1-7(2-4-8)13(17)16-11-10(15)9-5-6-18-12(9)11/h1-4,9-12H,5-6,15H2,(H,16,17). The van der Waals surface area contributed by atoms with Crippen molar-refractivity contribution in [2.24, 2.45) is 11.7 Å². The first kappa shape index (κ1) is 12.1. The molecule has 18 heavy (non-hydrogen) atoms. The van der Waals surface area contributed by atoms with Gasteiger partial charge in [0.15, 0.2) is 0 Å². The number of carbonyl (C=O) groups is 1. The number of ether oxygens (including phenoxy) is 1. The molecule has 1 saturated carbocycles. The second kappa shape index (κ2) is 4.64. The zero-order chi connectivity index (χ0) is 12.7. The summed E-state index contributed by atoms with van der Waals surface area (Å²) in [5.41, 5.74) is 6.70. The first-order valence-corrected chi connectivity index (χ1v) is 6.90. The van der Waals surface area contributed by atoms with Crippen LogP contribution in [0.3, 0.4) is 0 Å². The molecule has 4 unspecified atom stereocenters. The lowest BCUT2D eigenvalue weighted by Crippen LogP contribution is -2.68. The van der Waals surface area contributed by atoms with Crippen molar-refractivity contribution in [3.05, 3.63) is 34.3 Å². The van der Waals surface area contributed by atoms with Crippen LogP contribution in [0, 0.1) is 5.92 Å². The summed E-state index contributed by atoms with van der Waals surface area (Å²) in [7, 11) is 0. The van der Waals surface area contributed by atoms with E-state index in [4.69, 9.17) is 10.5 Å². The van der Waals surface area contributed by atoms with Crippen molar-refractivity contribution < 1.29 is 9.53 Å². The summed E-state index contributed by atoms with van der Waals surface area (Å²) in [6.45, 7) is 0.758. The van der Waals surface area contributed by atoms with Gasteiger partial charge in [-0.15, -0.1) is 0 Å². The largest absolute Gasteiger partial charge is 0.376 e. The zero-order valence-electron chi connectivity index (χ0n) is 9.80. The molecular weight excluding hydrogens is 296 g/mol. The van der Waals surface area contributed by atoms with Gasteiger partial charge in [0.2, 0.25) is 0 Å². The SMILES string of the molecule is NC1C2CCOC2C1NC(=O)c1ccc(Br)cc1. The number of fused-ring (bicyclic) bond motifs is 1. The molecule has 1 aromatic carbocycles. The maximum absolute atomic E-state index is 12.1. The summed E-state index contributed by atoms with van der Waals surface area (Å²) in [6, 6.07) is 7.26. The van der Waals surface area contributed by atoms with Gasteiger partial charge in [0.05, 0.1) is 12.1 Å². The molecule has 2 fully saturated rings. The summed E-state index contributed by atoms with van der Waals surface area (Å²) in [6.07, 6.45) is 1.12.